The van der Waals surface area contributed by atoms with Gasteiger partial charge in [0.2, 0.25) is 5.91 Å². The lowest BCUT2D eigenvalue weighted by atomic mass is 9.89. The summed E-state index contributed by atoms with van der Waals surface area (Å²) in [4.78, 5) is 12.5. The average Bonchev–Trinajstić information content (AvgIpc) is 2.99. The highest BCUT2D eigenvalue weighted by Crippen LogP contribution is 2.24. The van der Waals surface area contributed by atoms with E-state index in [4.69, 9.17) is 0 Å². The summed E-state index contributed by atoms with van der Waals surface area (Å²) in [5.74, 6) is 1.76. The number of rotatable bonds is 7. The predicted octanol–water partition coefficient (Wildman–Crippen LogP) is 3.16. The third-order valence-electron chi connectivity index (χ3n) is 4.65. The molecule has 1 N–H and O–H groups in total. The fraction of sp³-hybridized carbons (Fsp3) is 0.286. The van der Waals surface area contributed by atoms with E-state index in [0.717, 1.165) is 18.1 Å². The van der Waals surface area contributed by atoms with Gasteiger partial charge in [-0.3, -0.25) is 4.79 Å². The molecule has 5 heteroatoms. The topological polar surface area (TPSA) is 59.8 Å². The fourth-order valence-electron chi connectivity index (χ4n) is 3.01. The molecule has 0 radical (unpaired) electrons. The Morgan fingerprint density at radius 1 is 1.04 bits per heavy atom. The van der Waals surface area contributed by atoms with E-state index >= 15 is 0 Å². The Hall–Kier alpha value is -2.95. The molecule has 0 aliphatic carbocycles. The largest absolute Gasteiger partial charge is 0.349 e. The summed E-state index contributed by atoms with van der Waals surface area (Å²) in [5, 5.41) is 11.1. The minimum Gasteiger partial charge on any atom is -0.349 e. The van der Waals surface area contributed by atoms with Crippen molar-refractivity contribution in [2.24, 2.45) is 7.05 Å². The van der Waals surface area contributed by atoms with Crippen LogP contribution in [0.1, 0.15) is 35.1 Å². The fourth-order valence-corrected chi connectivity index (χ4v) is 3.01. The third kappa shape index (κ3) is 4.57. The van der Waals surface area contributed by atoms with Crippen LogP contribution in [0.25, 0.3) is 0 Å². The lowest BCUT2D eigenvalue weighted by Gasteiger charge is -2.17. The van der Waals surface area contributed by atoms with E-state index in [1.807, 2.05) is 54.9 Å². The van der Waals surface area contributed by atoms with Gasteiger partial charge in [0.25, 0.3) is 0 Å². The van der Waals surface area contributed by atoms with Crippen molar-refractivity contribution in [1.82, 2.24) is 20.1 Å². The van der Waals surface area contributed by atoms with Crippen LogP contribution in [0.3, 0.4) is 0 Å². The quantitative estimate of drug-likeness (QED) is 0.713. The molecule has 0 fully saturated rings. The molecule has 0 spiro atoms. The molecule has 0 unspecified atom stereocenters. The van der Waals surface area contributed by atoms with Gasteiger partial charge in [0, 0.05) is 13.5 Å². The molecular formula is C21H24N4O. The number of hydrogen-bond donors (Lipinski definition) is 1. The Labute approximate surface area is 154 Å². The van der Waals surface area contributed by atoms with Crippen molar-refractivity contribution >= 4 is 5.91 Å². The molecule has 1 heterocycles. The van der Waals surface area contributed by atoms with E-state index in [9.17, 15) is 4.79 Å². The summed E-state index contributed by atoms with van der Waals surface area (Å²) in [6.45, 7) is 2.28. The summed E-state index contributed by atoms with van der Waals surface area (Å²) < 4.78 is 1.89. The van der Waals surface area contributed by atoms with Crippen LogP contribution >= 0.6 is 0 Å². The van der Waals surface area contributed by atoms with Crippen LogP contribution in [0.4, 0.5) is 0 Å². The Kier molecular flexibility index (Phi) is 5.79. The molecule has 1 aromatic heterocycles. The van der Waals surface area contributed by atoms with Crippen LogP contribution < -0.4 is 5.32 Å². The minimum absolute atomic E-state index is 0.0236. The van der Waals surface area contributed by atoms with Gasteiger partial charge in [0.1, 0.15) is 5.82 Å². The van der Waals surface area contributed by atoms with Crippen LogP contribution in [0.15, 0.2) is 60.7 Å². The summed E-state index contributed by atoms with van der Waals surface area (Å²) in [5.41, 5.74) is 2.42. The van der Waals surface area contributed by atoms with Gasteiger partial charge in [0.15, 0.2) is 5.82 Å². The lowest BCUT2D eigenvalue weighted by molar-refractivity contribution is -0.121. The van der Waals surface area contributed by atoms with Crippen molar-refractivity contribution in [3.63, 3.8) is 0 Å². The van der Waals surface area contributed by atoms with Crippen molar-refractivity contribution in [2.75, 3.05) is 0 Å². The van der Waals surface area contributed by atoms with Gasteiger partial charge in [0.05, 0.1) is 6.54 Å². The standard InChI is InChI=1S/C21H24N4O/c1-16-23-24-20(25(16)2)15-22-21(26)14-19(18-11-7-4-8-12-18)13-17-9-5-3-6-10-17/h3-12,19H,13-15H2,1-2H3,(H,22,26)/t19-/m1/s1. The maximum Gasteiger partial charge on any atom is 0.220 e. The zero-order valence-electron chi connectivity index (χ0n) is 15.2. The van der Waals surface area contributed by atoms with Crippen LogP contribution in [-0.4, -0.2) is 20.7 Å². The number of carbonyl (C=O) groups is 1. The van der Waals surface area contributed by atoms with Gasteiger partial charge in [-0.25, -0.2) is 0 Å². The Morgan fingerprint density at radius 3 is 2.31 bits per heavy atom. The smallest absolute Gasteiger partial charge is 0.220 e. The second-order valence-electron chi connectivity index (χ2n) is 6.50. The first kappa shape index (κ1) is 17.9. The minimum atomic E-state index is 0.0236. The van der Waals surface area contributed by atoms with Crippen molar-refractivity contribution in [3.8, 4) is 0 Å². The second kappa shape index (κ2) is 8.43. The summed E-state index contributed by atoms with van der Waals surface area (Å²) in [6, 6.07) is 20.5. The normalized spacial score (nSPS) is 11.9. The maximum absolute atomic E-state index is 12.5. The van der Waals surface area contributed by atoms with Gasteiger partial charge in [-0.1, -0.05) is 60.7 Å². The zero-order chi connectivity index (χ0) is 18.4. The zero-order valence-corrected chi connectivity index (χ0v) is 15.2. The van der Waals surface area contributed by atoms with Crippen LogP contribution in [0.2, 0.25) is 0 Å². The molecule has 2 aromatic carbocycles. The Balaban J connectivity index is 1.67. The van der Waals surface area contributed by atoms with E-state index < -0.39 is 0 Å². The van der Waals surface area contributed by atoms with Crippen molar-refractivity contribution in [1.29, 1.82) is 0 Å². The Morgan fingerprint density at radius 2 is 1.69 bits per heavy atom. The molecule has 1 amide bonds. The number of hydrogen-bond acceptors (Lipinski definition) is 3. The van der Waals surface area contributed by atoms with Gasteiger partial charge in [-0.05, 0) is 30.4 Å². The molecule has 3 aromatic rings. The van der Waals surface area contributed by atoms with E-state index in [1.165, 1.54) is 11.1 Å². The van der Waals surface area contributed by atoms with Gasteiger partial charge >= 0.3 is 0 Å². The molecule has 0 saturated heterocycles. The number of amides is 1. The predicted molar refractivity (Wildman–Crippen MR) is 102 cm³/mol. The van der Waals surface area contributed by atoms with E-state index in [0.29, 0.717) is 13.0 Å². The summed E-state index contributed by atoms with van der Waals surface area (Å²) >= 11 is 0. The Bertz CT molecular complexity index is 843. The van der Waals surface area contributed by atoms with Crippen molar-refractivity contribution in [2.45, 2.75) is 32.2 Å². The van der Waals surface area contributed by atoms with E-state index in [2.05, 4.69) is 39.8 Å². The molecule has 3 rings (SSSR count). The highest BCUT2D eigenvalue weighted by atomic mass is 16.1. The molecule has 5 nitrogen and oxygen atoms in total. The van der Waals surface area contributed by atoms with E-state index in [-0.39, 0.29) is 11.8 Å². The lowest BCUT2D eigenvalue weighted by Crippen LogP contribution is -2.26. The molecule has 134 valence electrons. The highest BCUT2D eigenvalue weighted by molar-refractivity contribution is 5.76. The highest BCUT2D eigenvalue weighted by Gasteiger charge is 2.17. The van der Waals surface area contributed by atoms with Crippen molar-refractivity contribution < 1.29 is 4.79 Å². The number of nitrogens with one attached hydrogen (secondary N) is 1. The van der Waals surface area contributed by atoms with Gasteiger partial charge < -0.3 is 9.88 Å². The molecule has 0 aliphatic heterocycles. The second-order valence-corrected chi connectivity index (χ2v) is 6.50. The average molecular weight is 348 g/mol. The molecule has 26 heavy (non-hydrogen) atoms. The van der Waals surface area contributed by atoms with Crippen LogP contribution in [0, 0.1) is 6.92 Å². The molecule has 0 saturated carbocycles. The van der Waals surface area contributed by atoms with E-state index in [1.54, 1.807) is 0 Å². The van der Waals surface area contributed by atoms with Crippen LogP contribution in [-0.2, 0) is 24.8 Å². The first-order chi connectivity index (χ1) is 12.6. The molecule has 0 aliphatic rings. The number of aryl methyl sites for hydroxylation is 1. The summed E-state index contributed by atoms with van der Waals surface area (Å²) in [7, 11) is 1.90. The third-order valence-corrected chi connectivity index (χ3v) is 4.65. The number of benzene rings is 2. The van der Waals surface area contributed by atoms with Gasteiger partial charge in [-0.2, -0.15) is 0 Å². The monoisotopic (exact) mass is 348 g/mol. The first-order valence-corrected chi connectivity index (χ1v) is 8.84. The number of carbonyl (C=O) groups excluding carboxylic acids is 1. The first-order valence-electron chi connectivity index (χ1n) is 8.84. The van der Waals surface area contributed by atoms with Crippen LogP contribution in [0.5, 0.6) is 0 Å². The van der Waals surface area contributed by atoms with Gasteiger partial charge in [-0.15, -0.1) is 10.2 Å². The van der Waals surface area contributed by atoms with Crippen molar-refractivity contribution in [3.05, 3.63) is 83.4 Å². The SMILES string of the molecule is Cc1nnc(CNC(=O)C[C@@H](Cc2ccccc2)c2ccccc2)n1C. The number of aromatic nitrogens is 3. The summed E-state index contributed by atoms with van der Waals surface area (Å²) in [6.07, 6.45) is 1.27. The molecular weight excluding hydrogens is 324 g/mol. The molecule has 1 atom stereocenters. The number of nitrogens with zero attached hydrogens (tertiary/aromatic N) is 3. The molecule has 0 bridgehead atoms. The maximum atomic E-state index is 12.5.